The van der Waals surface area contributed by atoms with Crippen molar-refractivity contribution in [1.82, 2.24) is 0 Å². The number of nitrogens with zero attached hydrogens (tertiary/aromatic N) is 1. The van der Waals surface area contributed by atoms with E-state index in [9.17, 15) is 22.8 Å². The number of hydrogen-bond acceptors (Lipinski definition) is 7. The fourth-order valence-electron chi connectivity index (χ4n) is 9.91. The second-order valence-electron chi connectivity index (χ2n) is 17.9. The molecule has 1 aliphatic heterocycles. The predicted octanol–water partition coefficient (Wildman–Crippen LogP) is 8.96. The van der Waals surface area contributed by atoms with Crippen LogP contribution in [0.1, 0.15) is 85.5 Å². The Kier molecular flexibility index (Phi) is 12.3. The molecule has 9 aliphatic rings. The van der Waals surface area contributed by atoms with E-state index in [0.717, 1.165) is 62.3 Å². The lowest BCUT2D eigenvalue weighted by molar-refractivity contribution is -0.246. The molecule has 53 heavy (non-hydrogen) atoms. The summed E-state index contributed by atoms with van der Waals surface area (Å²) in [5.74, 6) is 4.10. The molecule has 0 aromatic rings. The SMILES string of the molecule is C1=CC2CC1CC2COCCC1CO1.CC(=O)OCC1CC2C=CC1C2.CC(C)(C)OC(=O)C1(C(F)(F)F)CC2C=CC1C2.N#CC1CC2C=CC1C2. The van der Waals surface area contributed by atoms with Crippen LogP contribution in [0, 0.1) is 81.8 Å². The van der Waals surface area contributed by atoms with Crippen molar-refractivity contribution in [3.63, 3.8) is 0 Å². The van der Waals surface area contributed by atoms with Crippen LogP contribution in [0.15, 0.2) is 48.6 Å². The van der Waals surface area contributed by atoms with Crippen molar-refractivity contribution < 1.29 is 41.7 Å². The third-order valence-corrected chi connectivity index (χ3v) is 12.8. The Balaban J connectivity index is 0.000000124. The Morgan fingerprint density at radius 3 is 1.74 bits per heavy atom. The summed E-state index contributed by atoms with van der Waals surface area (Å²) in [5, 5.41) is 8.60. The summed E-state index contributed by atoms with van der Waals surface area (Å²) in [7, 11) is 0. The molecule has 4 saturated carbocycles. The normalized spacial score (nSPS) is 39.5. The first-order valence-electron chi connectivity index (χ1n) is 19.9. The Morgan fingerprint density at radius 1 is 0.792 bits per heavy atom. The Bertz CT molecular complexity index is 1470. The lowest BCUT2D eigenvalue weighted by atomic mass is 9.75. The molecule has 9 rings (SSSR count). The van der Waals surface area contributed by atoms with Gasteiger partial charge in [-0.15, -0.1) is 0 Å². The first-order valence-corrected chi connectivity index (χ1v) is 19.9. The van der Waals surface area contributed by atoms with Crippen molar-refractivity contribution >= 4 is 11.9 Å². The lowest BCUT2D eigenvalue weighted by Crippen LogP contribution is -2.50. The van der Waals surface area contributed by atoms with E-state index in [0.29, 0.717) is 42.8 Å². The average Bonchev–Trinajstić information content (AvgIpc) is 3.89. The number of hydrogen-bond donors (Lipinski definition) is 0. The summed E-state index contributed by atoms with van der Waals surface area (Å²) in [6.07, 6.45) is 22.0. The number of ether oxygens (including phenoxy) is 4. The molecule has 13 unspecified atom stereocenters. The highest BCUT2D eigenvalue weighted by atomic mass is 19.4. The number of halogens is 3. The molecule has 13 atom stereocenters. The minimum Gasteiger partial charge on any atom is -0.466 e. The van der Waals surface area contributed by atoms with E-state index in [4.69, 9.17) is 24.2 Å². The van der Waals surface area contributed by atoms with E-state index in [-0.39, 0.29) is 18.3 Å². The fourth-order valence-corrected chi connectivity index (χ4v) is 9.91. The number of carbonyl (C=O) groups is 2. The predicted molar refractivity (Wildman–Crippen MR) is 194 cm³/mol. The van der Waals surface area contributed by atoms with Crippen molar-refractivity contribution in [3.8, 4) is 6.07 Å². The van der Waals surface area contributed by atoms with Gasteiger partial charge in [0.25, 0.3) is 0 Å². The molecule has 0 radical (unpaired) electrons. The number of nitriles is 1. The summed E-state index contributed by atoms with van der Waals surface area (Å²) in [6, 6.07) is 2.34. The minimum absolute atomic E-state index is 0.149. The largest absolute Gasteiger partial charge is 0.466 e. The van der Waals surface area contributed by atoms with Gasteiger partial charge in [-0.25, -0.2) is 0 Å². The van der Waals surface area contributed by atoms with Gasteiger partial charge in [-0.2, -0.15) is 18.4 Å². The summed E-state index contributed by atoms with van der Waals surface area (Å²) in [5.41, 5.74) is -3.24. The molecule has 0 N–H and O–H groups in total. The Labute approximate surface area is 313 Å². The van der Waals surface area contributed by atoms with Crippen molar-refractivity contribution in [2.24, 2.45) is 70.5 Å². The Morgan fingerprint density at radius 2 is 1.36 bits per heavy atom. The molecule has 10 heteroatoms. The zero-order chi connectivity index (χ0) is 38.0. The quantitative estimate of drug-likeness (QED) is 0.106. The maximum absolute atomic E-state index is 13.4. The molecular weight excluding hydrogens is 683 g/mol. The monoisotopic (exact) mass is 741 g/mol. The maximum atomic E-state index is 13.4. The van der Waals surface area contributed by atoms with E-state index in [2.05, 4.69) is 42.5 Å². The van der Waals surface area contributed by atoms with E-state index in [1.807, 2.05) is 0 Å². The van der Waals surface area contributed by atoms with Crippen LogP contribution in [-0.2, 0) is 28.5 Å². The lowest BCUT2D eigenvalue weighted by Gasteiger charge is -2.37. The fraction of sp³-hybridized carbons (Fsp3) is 0.744. The van der Waals surface area contributed by atoms with Crippen molar-refractivity contribution in [3.05, 3.63) is 48.6 Å². The molecule has 0 aromatic carbocycles. The number of epoxide rings is 1. The number of alkyl halides is 3. The molecule has 1 heterocycles. The van der Waals surface area contributed by atoms with Crippen LogP contribution in [0.3, 0.4) is 0 Å². The summed E-state index contributed by atoms with van der Waals surface area (Å²) in [6.45, 7) is 9.67. The molecule has 8 aliphatic carbocycles. The topological polar surface area (TPSA) is 98.2 Å². The molecule has 0 amide bonds. The number of allylic oxidation sites excluding steroid dienone is 8. The molecule has 1 saturated heterocycles. The second kappa shape index (κ2) is 16.5. The Hall–Kier alpha value is -2.90. The molecule has 0 aromatic heterocycles. The van der Waals surface area contributed by atoms with Crippen LogP contribution in [0.2, 0.25) is 0 Å². The highest BCUT2D eigenvalue weighted by molar-refractivity contribution is 5.80. The number of fused-ring (bicyclic) bond motifs is 8. The van der Waals surface area contributed by atoms with Crippen LogP contribution in [0.5, 0.6) is 0 Å². The van der Waals surface area contributed by atoms with Crippen LogP contribution in [-0.4, -0.2) is 56.2 Å². The van der Waals surface area contributed by atoms with Gasteiger partial charge >= 0.3 is 18.1 Å². The number of carbonyl (C=O) groups excluding carboxylic acids is 2. The highest BCUT2D eigenvalue weighted by Gasteiger charge is 2.69. The minimum atomic E-state index is -4.56. The van der Waals surface area contributed by atoms with Crippen LogP contribution >= 0.6 is 0 Å². The van der Waals surface area contributed by atoms with Crippen LogP contribution in [0.25, 0.3) is 0 Å². The van der Waals surface area contributed by atoms with Gasteiger partial charge in [-0.3, -0.25) is 9.59 Å². The third-order valence-electron chi connectivity index (χ3n) is 12.8. The van der Waals surface area contributed by atoms with Gasteiger partial charge in [0.05, 0.1) is 31.3 Å². The van der Waals surface area contributed by atoms with Crippen molar-refractivity contribution in [1.29, 1.82) is 5.26 Å². The first-order chi connectivity index (χ1) is 25.1. The molecule has 0 spiro atoms. The third kappa shape index (κ3) is 9.86. The summed E-state index contributed by atoms with van der Waals surface area (Å²) in [4.78, 5) is 22.6. The van der Waals surface area contributed by atoms with Gasteiger partial charge < -0.3 is 18.9 Å². The maximum Gasteiger partial charge on any atom is 0.405 e. The van der Waals surface area contributed by atoms with Crippen LogP contribution in [0.4, 0.5) is 13.2 Å². The zero-order valence-electron chi connectivity index (χ0n) is 31.8. The molecule has 8 bridgehead atoms. The summed E-state index contributed by atoms with van der Waals surface area (Å²) >= 11 is 0. The zero-order valence-corrected chi connectivity index (χ0v) is 31.8. The van der Waals surface area contributed by atoms with Crippen molar-refractivity contribution in [2.75, 3.05) is 26.4 Å². The van der Waals surface area contributed by atoms with E-state index in [1.165, 1.54) is 45.1 Å². The second-order valence-corrected chi connectivity index (χ2v) is 17.9. The van der Waals surface area contributed by atoms with E-state index < -0.39 is 29.1 Å². The molecule has 7 nitrogen and oxygen atoms in total. The van der Waals surface area contributed by atoms with Gasteiger partial charge in [-0.05, 0) is 132 Å². The summed E-state index contributed by atoms with van der Waals surface area (Å²) < 4.78 is 61.0. The van der Waals surface area contributed by atoms with E-state index >= 15 is 0 Å². The molecular formula is C43H58F3NO6. The number of rotatable bonds is 8. The van der Waals surface area contributed by atoms with Gasteiger partial charge in [0.1, 0.15) is 5.60 Å². The first kappa shape index (κ1) is 39.8. The van der Waals surface area contributed by atoms with Gasteiger partial charge in [0.15, 0.2) is 5.41 Å². The van der Waals surface area contributed by atoms with Gasteiger partial charge in [-0.1, -0.05) is 48.6 Å². The smallest absolute Gasteiger partial charge is 0.405 e. The van der Waals surface area contributed by atoms with Crippen molar-refractivity contribution in [2.45, 2.75) is 103 Å². The standard InChI is InChI=1S/C13H17F3O2.C12H18O2.C10H14O2.C8H9N/c1-11(2,3)18-10(17)12(13(14,15)16)7-8-4-5-9(12)6-8;1-2-10-5-9(1)6-11(10)7-13-4-3-12-8-14-12;1-7(11)12-6-10-5-8-2-3-9(10)4-8;9-5-8-4-6-1-2-7(8)3-6/h4-5,8-9H,6-7H2,1-3H3;1-2,9-12H,3-8H2;2-3,8-10H,4-6H2,1H3;1-2,6-8H,3-4H2. The molecule has 5 fully saturated rings. The molecule has 292 valence electrons. The van der Waals surface area contributed by atoms with Gasteiger partial charge in [0.2, 0.25) is 0 Å². The number of esters is 2. The van der Waals surface area contributed by atoms with Crippen LogP contribution < -0.4 is 0 Å². The van der Waals surface area contributed by atoms with Gasteiger partial charge in [0, 0.05) is 26.1 Å². The average molecular weight is 742 g/mol. The highest BCUT2D eigenvalue weighted by Crippen LogP contribution is 2.60. The van der Waals surface area contributed by atoms with E-state index in [1.54, 1.807) is 26.8 Å².